The molecule has 0 spiro atoms. The zero-order valence-electron chi connectivity index (χ0n) is 18.2. The molecule has 166 valence electrons. The van der Waals surface area contributed by atoms with Gasteiger partial charge < -0.3 is 10.2 Å². The first-order valence-corrected chi connectivity index (χ1v) is 11.7. The van der Waals surface area contributed by atoms with Crippen LogP contribution in [0, 0.1) is 6.92 Å². The Morgan fingerprint density at radius 3 is 2.45 bits per heavy atom. The van der Waals surface area contributed by atoms with Gasteiger partial charge in [-0.1, -0.05) is 73.3 Å². The van der Waals surface area contributed by atoms with Gasteiger partial charge in [-0.2, -0.15) is 0 Å². The Morgan fingerprint density at radius 2 is 1.81 bits per heavy atom. The van der Waals surface area contributed by atoms with E-state index >= 15 is 0 Å². The van der Waals surface area contributed by atoms with Crippen LogP contribution in [-0.2, 0) is 22.6 Å². The average Bonchev–Trinajstić information content (AvgIpc) is 3.25. The molecule has 1 atom stereocenters. The van der Waals surface area contributed by atoms with E-state index in [9.17, 15) is 9.59 Å². The molecular formula is C25H30Cl2N2O2. The van der Waals surface area contributed by atoms with Gasteiger partial charge in [-0.25, -0.2) is 0 Å². The summed E-state index contributed by atoms with van der Waals surface area (Å²) in [6.45, 7) is 4.37. The van der Waals surface area contributed by atoms with Crippen molar-refractivity contribution >= 4 is 35.0 Å². The van der Waals surface area contributed by atoms with Crippen molar-refractivity contribution in [1.29, 1.82) is 0 Å². The molecular weight excluding hydrogens is 431 g/mol. The highest BCUT2D eigenvalue weighted by molar-refractivity contribution is 6.42. The lowest BCUT2D eigenvalue weighted by molar-refractivity contribution is -0.141. The SMILES string of the molecule is CC[C@H](C(=O)NC1CCCC1)N(Cc1ccccc1C)C(=O)Cc1ccc(Cl)c(Cl)c1. The second-order valence-electron chi connectivity index (χ2n) is 8.29. The van der Waals surface area contributed by atoms with Crippen molar-refractivity contribution < 1.29 is 9.59 Å². The normalized spacial score (nSPS) is 15.0. The van der Waals surface area contributed by atoms with Crippen LogP contribution in [0.4, 0.5) is 0 Å². The average molecular weight is 461 g/mol. The Labute approximate surface area is 194 Å². The molecule has 1 saturated carbocycles. The van der Waals surface area contributed by atoms with Crippen LogP contribution in [-0.4, -0.2) is 28.8 Å². The smallest absolute Gasteiger partial charge is 0.243 e. The number of nitrogens with zero attached hydrogens (tertiary/aromatic N) is 1. The molecule has 0 unspecified atom stereocenters. The van der Waals surface area contributed by atoms with E-state index < -0.39 is 6.04 Å². The second kappa shape index (κ2) is 11.0. The Balaban J connectivity index is 1.84. The van der Waals surface area contributed by atoms with Crippen LogP contribution >= 0.6 is 23.2 Å². The molecule has 1 fully saturated rings. The highest BCUT2D eigenvalue weighted by Crippen LogP contribution is 2.24. The number of hydrogen-bond acceptors (Lipinski definition) is 2. The fourth-order valence-corrected chi connectivity index (χ4v) is 4.50. The summed E-state index contributed by atoms with van der Waals surface area (Å²) in [4.78, 5) is 28.3. The van der Waals surface area contributed by atoms with Crippen LogP contribution in [0.2, 0.25) is 10.0 Å². The van der Waals surface area contributed by atoms with Crippen LogP contribution in [0.15, 0.2) is 42.5 Å². The summed E-state index contributed by atoms with van der Waals surface area (Å²) in [6, 6.07) is 12.9. The minimum atomic E-state index is -0.518. The summed E-state index contributed by atoms with van der Waals surface area (Å²) in [7, 11) is 0. The maximum Gasteiger partial charge on any atom is 0.243 e. The van der Waals surface area contributed by atoms with Crippen LogP contribution in [0.5, 0.6) is 0 Å². The van der Waals surface area contributed by atoms with E-state index in [-0.39, 0.29) is 24.3 Å². The number of nitrogens with one attached hydrogen (secondary N) is 1. The van der Waals surface area contributed by atoms with Gasteiger partial charge in [0.15, 0.2) is 0 Å². The number of hydrogen-bond donors (Lipinski definition) is 1. The third kappa shape index (κ3) is 6.24. The van der Waals surface area contributed by atoms with E-state index in [1.165, 1.54) is 0 Å². The standard InChI is InChI=1S/C25H30Cl2N2O2/c1-3-23(25(31)28-20-10-6-7-11-20)29(16-19-9-5-4-8-17(19)2)24(30)15-18-12-13-21(26)22(27)14-18/h4-5,8-9,12-14,20,23H,3,6-7,10-11,15-16H2,1-2H3,(H,28,31)/t23-/m1/s1. The molecule has 1 aliphatic rings. The molecule has 2 amide bonds. The van der Waals surface area contributed by atoms with E-state index in [1.54, 1.807) is 23.1 Å². The lowest BCUT2D eigenvalue weighted by Crippen LogP contribution is -2.51. The summed E-state index contributed by atoms with van der Waals surface area (Å²) in [5.41, 5.74) is 2.92. The van der Waals surface area contributed by atoms with Crippen molar-refractivity contribution in [3.8, 4) is 0 Å². The zero-order chi connectivity index (χ0) is 22.4. The van der Waals surface area contributed by atoms with Gasteiger partial charge in [0.05, 0.1) is 16.5 Å². The van der Waals surface area contributed by atoms with Crippen molar-refractivity contribution in [2.75, 3.05) is 0 Å². The lowest BCUT2D eigenvalue weighted by Gasteiger charge is -2.32. The van der Waals surface area contributed by atoms with Crippen LogP contribution in [0.3, 0.4) is 0 Å². The van der Waals surface area contributed by atoms with E-state index in [0.717, 1.165) is 42.4 Å². The fraction of sp³-hybridized carbons (Fsp3) is 0.440. The minimum Gasteiger partial charge on any atom is -0.352 e. The quantitative estimate of drug-likeness (QED) is 0.548. The van der Waals surface area contributed by atoms with Crippen molar-refractivity contribution in [2.24, 2.45) is 0 Å². The topological polar surface area (TPSA) is 49.4 Å². The molecule has 2 aromatic rings. The van der Waals surface area contributed by atoms with E-state index in [4.69, 9.17) is 23.2 Å². The Morgan fingerprint density at radius 1 is 1.10 bits per heavy atom. The molecule has 1 aliphatic carbocycles. The maximum absolute atomic E-state index is 13.4. The van der Waals surface area contributed by atoms with Gasteiger partial charge in [0.25, 0.3) is 0 Å². The molecule has 0 aromatic heterocycles. The number of carbonyl (C=O) groups excluding carboxylic acids is 2. The molecule has 2 aromatic carbocycles. The number of halogens is 2. The van der Waals surface area contributed by atoms with Crippen molar-refractivity contribution in [1.82, 2.24) is 10.2 Å². The van der Waals surface area contributed by atoms with E-state index in [0.29, 0.717) is 23.0 Å². The Hall–Kier alpha value is -2.04. The molecule has 0 bridgehead atoms. The van der Waals surface area contributed by atoms with E-state index in [2.05, 4.69) is 5.32 Å². The molecule has 4 nitrogen and oxygen atoms in total. The Kier molecular flexibility index (Phi) is 8.39. The molecule has 0 aliphatic heterocycles. The summed E-state index contributed by atoms with van der Waals surface area (Å²) < 4.78 is 0. The first kappa shape index (κ1) is 23.6. The van der Waals surface area contributed by atoms with Crippen molar-refractivity contribution in [3.63, 3.8) is 0 Å². The minimum absolute atomic E-state index is 0.0644. The van der Waals surface area contributed by atoms with Crippen LogP contribution in [0.25, 0.3) is 0 Å². The summed E-state index contributed by atoms with van der Waals surface area (Å²) in [5, 5.41) is 4.05. The number of benzene rings is 2. The Bertz CT molecular complexity index is 925. The first-order valence-electron chi connectivity index (χ1n) is 11.0. The van der Waals surface area contributed by atoms with Crippen molar-refractivity contribution in [3.05, 3.63) is 69.2 Å². The fourth-order valence-electron chi connectivity index (χ4n) is 4.18. The number of rotatable bonds is 8. The van der Waals surface area contributed by atoms with E-state index in [1.807, 2.05) is 38.1 Å². The molecule has 31 heavy (non-hydrogen) atoms. The number of aryl methyl sites for hydroxylation is 1. The third-order valence-corrected chi connectivity index (χ3v) is 6.77. The second-order valence-corrected chi connectivity index (χ2v) is 9.10. The summed E-state index contributed by atoms with van der Waals surface area (Å²) in [6.07, 6.45) is 5.03. The summed E-state index contributed by atoms with van der Waals surface area (Å²) in [5.74, 6) is -0.166. The molecule has 0 saturated heterocycles. The molecule has 0 heterocycles. The third-order valence-electron chi connectivity index (χ3n) is 6.03. The van der Waals surface area contributed by atoms with Gasteiger partial charge in [-0.3, -0.25) is 9.59 Å². The predicted molar refractivity (Wildman–Crippen MR) is 126 cm³/mol. The van der Waals surface area contributed by atoms with Gasteiger partial charge in [0, 0.05) is 12.6 Å². The van der Waals surface area contributed by atoms with Crippen LogP contribution < -0.4 is 5.32 Å². The van der Waals surface area contributed by atoms with Crippen molar-refractivity contribution in [2.45, 2.75) is 71.0 Å². The van der Waals surface area contributed by atoms with Gasteiger partial charge in [0.2, 0.25) is 11.8 Å². The number of carbonyl (C=O) groups is 2. The largest absolute Gasteiger partial charge is 0.352 e. The molecule has 6 heteroatoms. The first-order chi connectivity index (χ1) is 14.9. The van der Waals surface area contributed by atoms with Crippen LogP contribution in [0.1, 0.15) is 55.7 Å². The lowest BCUT2D eigenvalue weighted by atomic mass is 10.0. The summed E-state index contributed by atoms with van der Waals surface area (Å²) >= 11 is 12.2. The highest BCUT2D eigenvalue weighted by atomic mass is 35.5. The molecule has 3 rings (SSSR count). The number of amides is 2. The zero-order valence-corrected chi connectivity index (χ0v) is 19.7. The molecule has 0 radical (unpaired) electrons. The predicted octanol–water partition coefficient (Wildman–Crippen LogP) is 5.71. The highest BCUT2D eigenvalue weighted by Gasteiger charge is 2.30. The van der Waals surface area contributed by atoms with Gasteiger partial charge in [-0.15, -0.1) is 0 Å². The van der Waals surface area contributed by atoms with Gasteiger partial charge in [-0.05, 0) is 55.0 Å². The van der Waals surface area contributed by atoms with Gasteiger partial charge in [0.1, 0.15) is 6.04 Å². The van der Waals surface area contributed by atoms with Gasteiger partial charge >= 0.3 is 0 Å². The monoisotopic (exact) mass is 460 g/mol. The molecule has 1 N–H and O–H groups in total. The maximum atomic E-state index is 13.4.